The van der Waals surface area contributed by atoms with E-state index in [9.17, 15) is 13.2 Å². The third kappa shape index (κ3) is 2.95. The predicted octanol–water partition coefficient (Wildman–Crippen LogP) is 4.87. The molecule has 6 heteroatoms. The maximum absolute atomic E-state index is 12.5. The fourth-order valence-electron chi connectivity index (χ4n) is 2.16. The summed E-state index contributed by atoms with van der Waals surface area (Å²) in [5.74, 6) is 0. The highest BCUT2D eigenvalue weighted by atomic mass is 79.9. The molecule has 0 aliphatic carbocycles. The van der Waals surface area contributed by atoms with E-state index in [4.69, 9.17) is 0 Å². The molecule has 0 spiro atoms. The Morgan fingerprint density at radius 1 is 1.05 bits per heavy atom. The highest BCUT2D eigenvalue weighted by Gasteiger charge is 2.29. The van der Waals surface area contributed by atoms with Crippen LogP contribution in [0, 0.1) is 0 Å². The topological polar surface area (TPSA) is 17.8 Å². The minimum Gasteiger partial charge on any atom is -0.326 e. The van der Waals surface area contributed by atoms with Gasteiger partial charge in [0.05, 0.1) is 22.9 Å². The first kappa shape index (κ1) is 14.1. The minimum atomic E-state index is -4.30. The smallest absolute Gasteiger partial charge is 0.326 e. The molecule has 1 heterocycles. The van der Waals surface area contributed by atoms with E-state index in [1.165, 1.54) is 12.1 Å². The molecular weight excluding hydrogens is 345 g/mol. The second-order valence-electron chi connectivity index (χ2n) is 4.70. The highest BCUT2D eigenvalue weighted by Crippen LogP contribution is 2.29. The maximum Gasteiger partial charge on any atom is 0.416 e. The molecule has 0 fully saturated rings. The van der Waals surface area contributed by atoms with Gasteiger partial charge < -0.3 is 4.57 Å². The fraction of sp³-hybridized carbons (Fsp3) is 0.133. The van der Waals surface area contributed by atoms with Crippen LogP contribution < -0.4 is 0 Å². The first-order valence-electron chi connectivity index (χ1n) is 6.20. The van der Waals surface area contributed by atoms with E-state index < -0.39 is 11.7 Å². The highest BCUT2D eigenvalue weighted by molar-refractivity contribution is 9.10. The van der Waals surface area contributed by atoms with Gasteiger partial charge in [0.25, 0.3) is 0 Å². The van der Waals surface area contributed by atoms with E-state index in [2.05, 4.69) is 20.9 Å². The Labute approximate surface area is 127 Å². The molecule has 3 rings (SSSR count). The fourth-order valence-corrected chi connectivity index (χ4v) is 2.51. The van der Waals surface area contributed by atoms with Gasteiger partial charge in [0.1, 0.15) is 0 Å². The molecule has 3 aromatic rings. The van der Waals surface area contributed by atoms with Crippen molar-refractivity contribution in [2.24, 2.45) is 0 Å². The van der Waals surface area contributed by atoms with Gasteiger partial charge in [-0.25, -0.2) is 4.98 Å². The van der Waals surface area contributed by atoms with Gasteiger partial charge in [0.15, 0.2) is 0 Å². The summed E-state index contributed by atoms with van der Waals surface area (Å²) >= 11 is 3.38. The van der Waals surface area contributed by atoms with Crippen molar-refractivity contribution in [1.82, 2.24) is 9.55 Å². The normalized spacial score (nSPS) is 12.0. The summed E-state index contributed by atoms with van der Waals surface area (Å²) in [6.07, 6.45) is -2.61. The summed E-state index contributed by atoms with van der Waals surface area (Å²) in [4.78, 5) is 4.29. The molecule has 21 heavy (non-hydrogen) atoms. The zero-order valence-electron chi connectivity index (χ0n) is 10.7. The minimum absolute atomic E-state index is 0.482. The summed E-state index contributed by atoms with van der Waals surface area (Å²) in [6.45, 7) is 0.482. The van der Waals surface area contributed by atoms with Gasteiger partial charge >= 0.3 is 6.18 Å². The molecule has 0 N–H and O–H groups in total. The number of fused-ring (bicyclic) bond motifs is 1. The predicted molar refractivity (Wildman–Crippen MR) is 78.0 cm³/mol. The number of hydrogen-bond donors (Lipinski definition) is 0. The lowest BCUT2D eigenvalue weighted by atomic mass is 10.1. The number of imidazole rings is 1. The van der Waals surface area contributed by atoms with Gasteiger partial charge in [-0.2, -0.15) is 13.2 Å². The summed E-state index contributed by atoms with van der Waals surface area (Å²) in [5, 5.41) is 0. The van der Waals surface area contributed by atoms with Crippen molar-refractivity contribution >= 4 is 27.0 Å². The van der Waals surface area contributed by atoms with Crippen LogP contribution in [0.2, 0.25) is 0 Å². The lowest BCUT2D eigenvalue weighted by Crippen LogP contribution is -2.05. The number of rotatable bonds is 2. The van der Waals surface area contributed by atoms with Crippen LogP contribution >= 0.6 is 15.9 Å². The molecule has 0 unspecified atom stereocenters. The Balaban J connectivity index is 1.88. The van der Waals surface area contributed by atoms with E-state index in [0.29, 0.717) is 6.54 Å². The van der Waals surface area contributed by atoms with Crippen molar-refractivity contribution in [3.8, 4) is 0 Å². The zero-order chi connectivity index (χ0) is 15.0. The van der Waals surface area contributed by atoms with Gasteiger partial charge in [-0.3, -0.25) is 0 Å². The molecular formula is C15H10BrF3N2. The number of benzene rings is 2. The average Bonchev–Trinajstić information content (AvgIpc) is 2.80. The second kappa shape index (κ2) is 5.18. The molecule has 108 valence electrons. The number of halogens is 4. The molecule has 1 aromatic heterocycles. The van der Waals surface area contributed by atoms with Gasteiger partial charge in [-0.15, -0.1) is 0 Å². The molecule has 0 bridgehead atoms. The van der Waals surface area contributed by atoms with Crippen molar-refractivity contribution in [2.75, 3.05) is 0 Å². The molecule has 0 atom stereocenters. The standard InChI is InChI=1S/C15H10BrF3N2/c16-12-5-6-14-13(7-12)20-9-21(14)8-10-1-3-11(4-2-10)15(17,18)19/h1-7,9H,8H2. The van der Waals surface area contributed by atoms with Crippen molar-refractivity contribution in [3.05, 3.63) is 64.4 Å². The van der Waals surface area contributed by atoms with Crippen LogP contribution in [-0.4, -0.2) is 9.55 Å². The Morgan fingerprint density at radius 3 is 2.43 bits per heavy atom. The largest absolute Gasteiger partial charge is 0.416 e. The van der Waals surface area contributed by atoms with Crippen LogP contribution in [0.25, 0.3) is 11.0 Å². The molecule has 0 saturated heterocycles. The molecule has 2 aromatic carbocycles. The second-order valence-corrected chi connectivity index (χ2v) is 5.62. The van der Waals surface area contributed by atoms with Crippen molar-refractivity contribution in [2.45, 2.75) is 12.7 Å². The number of aromatic nitrogens is 2. The Kier molecular flexibility index (Phi) is 3.49. The van der Waals surface area contributed by atoms with Gasteiger partial charge in [-0.05, 0) is 35.9 Å². The monoisotopic (exact) mass is 354 g/mol. The molecule has 0 amide bonds. The number of alkyl halides is 3. The van der Waals surface area contributed by atoms with Gasteiger partial charge in [-0.1, -0.05) is 28.1 Å². The Morgan fingerprint density at radius 2 is 1.76 bits per heavy atom. The van der Waals surface area contributed by atoms with Crippen LogP contribution in [0.15, 0.2) is 53.3 Å². The molecule has 0 aliphatic heterocycles. The van der Waals surface area contributed by atoms with E-state index in [1.54, 1.807) is 6.33 Å². The lowest BCUT2D eigenvalue weighted by molar-refractivity contribution is -0.137. The molecule has 0 radical (unpaired) electrons. The third-order valence-corrected chi connectivity index (χ3v) is 3.71. The van der Waals surface area contributed by atoms with Crippen molar-refractivity contribution < 1.29 is 13.2 Å². The van der Waals surface area contributed by atoms with Crippen LogP contribution in [0.1, 0.15) is 11.1 Å². The van der Waals surface area contributed by atoms with E-state index in [-0.39, 0.29) is 0 Å². The quantitative estimate of drug-likeness (QED) is 0.642. The first-order chi connectivity index (χ1) is 9.93. The van der Waals surface area contributed by atoms with Crippen molar-refractivity contribution in [1.29, 1.82) is 0 Å². The SMILES string of the molecule is FC(F)(F)c1ccc(Cn2cnc3cc(Br)ccc32)cc1. The Bertz CT molecular complexity index is 776. The lowest BCUT2D eigenvalue weighted by Gasteiger charge is -2.08. The first-order valence-corrected chi connectivity index (χ1v) is 6.99. The number of hydrogen-bond acceptors (Lipinski definition) is 1. The number of nitrogens with zero attached hydrogens (tertiary/aromatic N) is 2. The molecule has 2 nitrogen and oxygen atoms in total. The van der Waals surface area contributed by atoms with Crippen LogP contribution in [0.4, 0.5) is 13.2 Å². The van der Waals surface area contributed by atoms with Gasteiger partial charge in [0.2, 0.25) is 0 Å². The van der Waals surface area contributed by atoms with Crippen molar-refractivity contribution in [3.63, 3.8) is 0 Å². The van der Waals surface area contributed by atoms with Crippen LogP contribution in [0.5, 0.6) is 0 Å². The van der Waals surface area contributed by atoms with Crippen LogP contribution in [-0.2, 0) is 12.7 Å². The van der Waals surface area contributed by atoms with Crippen LogP contribution in [0.3, 0.4) is 0 Å². The summed E-state index contributed by atoms with van der Waals surface area (Å²) in [6, 6.07) is 10.9. The maximum atomic E-state index is 12.5. The van der Waals surface area contributed by atoms with E-state index in [1.807, 2.05) is 22.8 Å². The molecule has 0 saturated carbocycles. The van der Waals surface area contributed by atoms with E-state index in [0.717, 1.165) is 33.2 Å². The summed E-state index contributed by atoms with van der Waals surface area (Å²) in [5.41, 5.74) is 1.95. The summed E-state index contributed by atoms with van der Waals surface area (Å²) < 4.78 is 40.4. The summed E-state index contributed by atoms with van der Waals surface area (Å²) in [7, 11) is 0. The third-order valence-electron chi connectivity index (χ3n) is 3.22. The average molecular weight is 355 g/mol. The van der Waals surface area contributed by atoms with E-state index >= 15 is 0 Å². The van der Waals surface area contributed by atoms with Gasteiger partial charge in [0, 0.05) is 11.0 Å². The zero-order valence-corrected chi connectivity index (χ0v) is 12.3. The molecule has 0 aliphatic rings. The Hall–Kier alpha value is -1.82.